The van der Waals surface area contributed by atoms with E-state index in [2.05, 4.69) is 10.2 Å². The van der Waals surface area contributed by atoms with Crippen molar-refractivity contribution in [2.45, 2.75) is 19.4 Å². The van der Waals surface area contributed by atoms with Crippen molar-refractivity contribution in [3.63, 3.8) is 0 Å². The van der Waals surface area contributed by atoms with E-state index >= 15 is 0 Å². The summed E-state index contributed by atoms with van der Waals surface area (Å²) in [5.74, 6) is 0.865. The number of nitrogens with zero attached hydrogens (tertiary/aromatic N) is 3. The molecule has 0 radical (unpaired) electrons. The van der Waals surface area contributed by atoms with Gasteiger partial charge in [-0.3, -0.25) is 0 Å². The zero-order chi connectivity index (χ0) is 12.3. The first-order valence-electron chi connectivity index (χ1n) is 5.78. The molecule has 4 heteroatoms. The standard InChI is InChI=1S/C13H17N3O/c1-10(17)7-8-16(2)13-12-6-4-3-5-11(12)9-14-15-13/h3-6,9-10,17H,7-8H2,1-2H3. The highest BCUT2D eigenvalue weighted by Gasteiger charge is 2.08. The summed E-state index contributed by atoms with van der Waals surface area (Å²) >= 11 is 0. The molecule has 2 rings (SSSR count). The van der Waals surface area contributed by atoms with E-state index in [1.54, 1.807) is 13.1 Å². The fourth-order valence-electron chi connectivity index (χ4n) is 1.78. The normalized spacial score (nSPS) is 12.6. The molecule has 2 aromatic rings. The highest BCUT2D eigenvalue weighted by Crippen LogP contribution is 2.22. The van der Waals surface area contributed by atoms with Crippen LogP contribution in [0, 0.1) is 0 Å². The number of benzene rings is 1. The molecule has 17 heavy (non-hydrogen) atoms. The van der Waals surface area contributed by atoms with Crippen molar-refractivity contribution in [2.75, 3.05) is 18.5 Å². The Morgan fingerprint density at radius 1 is 1.35 bits per heavy atom. The third kappa shape index (κ3) is 2.71. The number of rotatable bonds is 4. The zero-order valence-corrected chi connectivity index (χ0v) is 10.2. The Morgan fingerprint density at radius 2 is 2.12 bits per heavy atom. The molecule has 0 saturated carbocycles. The molecule has 0 aliphatic carbocycles. The first-order valence-corrected chi connectivity index (χ1v) is 5.78. The molecule has 1 aromatic heterocycles. The van der Waals surface area contributed by atoms with Gasteiger partial charge in [0.15, 0.2) is 5.82 Å². The van der Waals surface area contributed by atoms with E-state index in [0.717, 1.165) is 29.6 Å². The summed E-state index contributed by atoms with van der Waals surface area (Å²) in [5.41, 5.74) is 0. The van der Waals surface area contributed by atoms with Crippen LogP contribution in [0.1, 0.15) is 13.3 Å². The van der Waals surface area contributed by atoms with E-state index in [9.17, 15) is 5.11 Å². The lowest BCUT2D eigenvalue weighted by atomic mass is 10.2. The summed E-state index contributed by atoms with van der Waals surface area (Å²) < 4.78 is 0. The lowest BCUT2D eigenvalue weighted by molar-refractivity contribution is 0.187. The maximum atomic E-state index is 9.30. The Kier molecular flexibility index (Phi) is 3.54. The second-order valence-electron chi connectivity index (χ2n) is 4.31. The van der Waals surface area contributed by atoms with Crippen LogP contribution in [0.3, 0.4) is 0 Å². The molecule has 1 atom stereocenters. The van der Waals surface area contributed by atoms with Crippen LogP contribution in [0.25, 0.3) is 10.8 Å². The molecule has 90 valence electrons. The van der Waals surface area contributed by atoms with Gasteiger partial charge in [-0.15, -0.1) is 5.10 Å². The first-order chi connectivity index (χ1) is 8.18. The average molecular weight is 231 g/mol. The minimum atomic E-state index is -0.291. The van der Waals surface area contributed by atoms with Crippen molar-refractivity contribution < 1.29 is 5.11 Å². The number of aliphatic hydroxyl groups is 1. The molecule has 0 fully saturated rings. The van der Waals surface area contributed by atoms with Gasteiger partial charge in [-0.2, -0.15) is 5.10 Å². The van der Waals surface area contributed by atoms with E-state index in [4.69, 9.17) is 0 Å². The highest BCUT2D eigenvalue weighted by molar-refractivity contribution is 5.91. The second kappa shape index (κ2) is 5.10. The molecular weight excluding hydrogens is 214 g/mol. The van der Waals surface area contributed by atoms with Crippen LogP contribution >= 0.6 is 0 Å². The van der Waals surface area contributed by atoms with Crippen molar-refractivity contribution in [3.8, 4) is 0 Å². The molecule has 0 spiro atoms. The number of hydrogen-bond donors (Lipinski definition) is 1. The van der Waals surface area contributed by atoms with Crippen molar-refractivity contribution in [1.29, 1.82) is 0 Å². The smallest absolute Gasteiger partial charge is 0.158 e. The summed E-state index contributed by atoms with van der Waals surface area (Å²) in [6, 6.07) is 8.05. The molecule has 1 unspecified atom stereocenters. The molecule has 1 aromatic carbocycles. The van der Waals surface area contributed by atoms with Crippen LogP contribution in [0.15, 0.2) is 30.5 Å². The predicted molar refractivity (Wildman–Crippen MR) is 69.1 cm³/mol. The van der Waals surface area contributed by atoms with Gasteiger partial charge in [0.05, 0.1) is 12.3 Å². The van der Waals surface area contributed by atoms with Gasteiger partial charge in [0.2, 0.25) is 0 Å². The van der Waals surface area contributed by atoms with Crippen molar-refractivity contribution in [3.05, 3.63) is 30.5 Å². The maximum Gasteiger partial charge on any atom is 0.158 e. The molecule has 1 heterocycles. The van der Waals surface area contributed by atoms with Gasteiger partial charge in [-0.05, 0) is 13.3 Å². The molecule has 0 saturated heterocycles. The SMILES string of the molecule is CC(O)CCN(C)c1nncc2ccccc12. The van der Waals surface area contributed by atoms with E-state index in [0.29, 0.717) is 0 Å². The third-order valence-corrected chi connectivity index (χ3v) is 2.79. The monoisotopic (exact) mass is 231 g/mol. The fourth-order valence-corrected chi connectivity index (χ4v) is 1.78. The van der Waals surface area contributed by atoms with Crippen molar-refractivity contribution in [1.82, 2.24) is 10.2 Å². The summed E-state index contributed by atoms with van der Waals surface area (Å²) in [5, 5.41) is 19.7. The summed E-state index contributed by atoms with van der Waals surface area (Å²) in [7, 11) is 1.97. The Bertz CT molecular complexity index is 493. The first kappa shape index (κ1) is 11.8. The van der Waals surface area contributed by atoms with E-state index in [1.807, 2.05) is 36.2 Å². The Hall–Kier alpha value is -1.68. The molecule has 0 aliphatic rings. The molecule has 0 aliphatic heterocycles. The lowest BCUT2D eigenvalue weighted by Gasteiger charge is -2.19. The molecule has 1 N–H and O–H groups in total. The van der Waals surface area contributed by atoms with E-state index < -0.39 is 0 Å². The van der Waals surface area contributed by atoms with Gasteiger partial charge in [0.1, 0.15) is 0 Å². The van der Waals surface area contributed by atoms with Crippen LogP contribution in [-0.2, 0) is 0 Å². The number of hydrogen-bond acceptors (Lipinski definition) is 4. The second-order valence-corrected chi connectivity index (χ2v) is 4.31. The van der Waals surface area contributed by atoms with Crippen molar-refractivity contribution >= 4 is 16.6 Å². The van der Waals surface area contributed by atoms with E-state index in [1.165, 1.54) is 0 Å². The zero-order valence-electron chi connectivity index (χ0n) is 10.2. The topological polar surface area (TPSA) is 49.2 Å². The Labute approximate surface area is 101 Å². The molecule has 0 amide bonds. The van der Waals surface area contributed by atoms with Crippen LogP contribution in [0.4, 0.5) is 5.82 Å². The fraction of sp³-hybridized carbons (Fsp3) is 0.385. The van der Waals surface area contributed by atoms with Gasteiger partial charge in [-0.25, -0.2) is 0 Å². The lowest BCUT2D eigenvalue weighted by Crippen LogP contribution is -2.23. The maximum absolute atomic E-state index is 9.30. The largest absolute Gasteiger partial charge is 0.393 e. The van der Waals surface area contributed by atoms with E-state index in [-0.39, 0.29) is 6.10 Å². The minimum Gasteiger partial charge on any atom is -0.393 e. The Morgan fingerprint density at radius 3 is 2.88 bits per heavy atom. The summed E-state index contributed by atoms with van der Waals surface area (Å²) in [6.45, 7) is 2.56. The number of anilines is 1. The van der Waals surface area contributed by atoms with Crippen LogP contribution in [-0.4, -0.2) is 35.0 Å². The van der Waals surface area contributed by atoms with Crippen LogP contribution in [0.2, 0.25) is 0 Å². The predicted octanol–water partition coefficient (Wildman–Crippen LogP) is 1.84. The Balaban J connectivity index is 2.28. The van der Waals surface area contributed by atoms with Gasteiger partial charge in [0.25, 0.3) is 0 Å². The van der Waals surface area contributed by atoms with Crippen LogP contribution < -0.4 is 4.90 Å². The number of fused-ring (bicyclic) bond motifs is 1. The van der Waals surface area contributed by atoms with Gasteiger partial charge < -0.3 is 10.0 Å². The molecule has 0 bridgehead atoms. The van der Waals surface area contributed by atoms with Gasteiger partial charge >= 0.3 is 0 Å². The quantitative estimate of drug-likeness (QED) is 0.872. The number of aromatic nitrogens is 2. The summed E-state index contributed by atoms with van der Waals surface area (Å²) in [4.78, 5) is 2.03. The summed E-state index contributed by atoms with van der Waals surface area (Å²) in [6.07, 6.45) is 2.20. The third-order valence-electron chi connectivity index (χ3n) is 2.79. The minimum absolute atomic E-state index is 0.291. The molecule has 4 nitrogen and oxygen atoms in total. The average Bonchev–Trinajstić information content (AvgIpc) is 2.35. The highest BCUT2D eigenvalue weighted by atomic mass is 16.3. The van der Waals surface area contributed by atoms with Gasteiger partial charge in [0, 0.05) is 24.4 Å². The van der Waals surface area contributed by atoms with Gasteiger partial charge in [-0.1, -0.05) is 24.3 Å². The molecular formula is C13H17N3O. The van der Waals surface area contributed by atoms with Crippen LogP contribution in [0.5, 0.6) is 0 Å². The number of aliphatic hydroxyl groups excluding tert-OH is 1. The van der Waals surface area contributed by atoms with Crippen molar-refractivity contribution in [2.24, 2.45) is 0 Å².